The second-order valence-corrected chi connectivity index (χ2v) is 8.88. The van der Waals surface area contributed by atoms with E-state index in [9.17, 15) is 14.9 Å². The number of aromatic nitrogens is 2. The third-order valence-corrected chi connectivity index (χ3v) is 7.12. The lowest BCUT2D eigenvalue weighted by atomic mass is 10.2. The van der Waals surface area contributed by atoms with Gasteiger partial charge in [-0.15, -0.1) is 11.3 Å². The number of piperazine rings is 1. The van der Waals surface area contributed by atoms with Crippen molar-refractivity contribution in [3.8, 4) is 0 Å². The number of nitro benzene ring substituents is 1. The molecule has 1 aliphatic heterocycles. The molecule has 0 radical (unpaired) electrons. The molecule has 10 heteroatoms. The number of benzene rings is 1. The molecule has 8 nitrogen and oxygen atoms in total. The molecule has 5 rings (SSSR count). The van der Waals surface area contributed by atoms with E-state index in [1.807, 2.05) is 35.0 Å². The molecule has 1 amide bonds. The number of fused-ring (bicyclic) bond motifs is 2. The number of nitro groups is 1. The fourth-order valence-corrected chi connectivity index (χ4v) is 5.36. The van der Waals surface area contributed by atoms with E-state index >= 15 is 0 Å². The van der Waals surface area contributed by atoms with Gasteiger partial charge in [0.15, 0.2) is 0 Å². The summed E-state index contributed by atoms with van der Waals surface area (Å²) in [4.78, 5) is 32.8. The van der Waals surface area contributed by atoms with Gasteiger partial charge in [0, 0.05) is 67.3 Å². The number of halogens is 1. The standard InChI is InChI=1S/C21H18ClN5O3S/c22-19-16-5-4-15(27(29)30)11-17(16)31-20(19)21(28)25-9-7-24(8-10-25)12-14-13-26-6-2-1-3-18(26)23-14/h1-6,11,13H,7-10,12H2. The molecule has 4 heterocycles. The smallest absolute Gasteiger partial charge is 0.270 e. The summed E-state index contributed by atoms with van der Waals surface area (Å²) in [5, 5.41) is 12.1. The maximum atomic E-state index is 13.1. The van der Waals surface area contributed by atoms with Gasteiger partial charge >= 0.3 is 0 Å². The number of imidazole rings is 1. The summed E-state index contributed by atoms with van der Waals surface area (Å²) < 4.78 is 2.65. The van der Waals surface area contributed by atoms with E-state index in [1.54, 1.807) is 11.0 Å². The molecule has 3 aromatic heterocycles. The van der Waals surface area contributed by atoms with Crippen LogP contribution >= 0.6 is 22.9 Å². The number of hydrogen-bond donors (Lipinski definition) is 0. The second-order valence-electron chi connectivity index (χ2n) is 7.45. The summed E-state index contributed by atoms with van der Waals surface area (Å²) in [5.74, 6) is -0.124. The van der Waals surface area contributed by atoms with Gasteiger partial charge in [-0.25, -0.2) is 4.98 Å². The van der Waals surface area contributed by atoms with Gasteiger partial charge in [-0.2, -0.15) is 0 Å². The normalized spacial score (nSPS) is 15.1. The SMILES string of the molecule is O=C(c1sc2cc([N+](=O)[O-])ccc2c1Cl)N1CCN(Cc2cn3ccccc3n2)CC1. The Morgan fingerprint density at radius 2 is 2.00 bits per heavy atom. The Balaban J connectivity index is 1.27. The molecule has 1 aliphatic rings. The minimum absolute atomic E-state index is 0.00928. The van der Waals surface area contributed by atoms with Crippen LogP contribution in [0.1, 0.15) is 15.4 Å². The number of non-ortho nitro benzene ring substituents is 1. The van der Waals surface area contributed by atoms with E-state index in [4.69, 9.17) is 11.6 Å². The molecule has 31 heavy (non-hydrogen) atoms. The van der Waals surface area contributed by atoms with Crippen molar-refractivity contribution in [2.24, 2.45) is 0 Å². The molecule has 0 spiro atoms. The third kappa shape index (κ3) is 3.76. The van der Waals surface area contributed by atoms with Crippen LogP contribution in [-0.2, 0) is 6.54 Å². The van der Waals surface area contributed by atoms with Gasteiger partial charge in [-0.05, 0) is 18.2 Å². The number of nitrogens with zero attached hydrogens (tertiary/aromatic N) is 5. The summed E-state index contributed by atoms with van der Waals surface area (Å²) in [5.41, 5.74) is 1.91. The lowest BCUT2D eigenvalue weighted by Crippen LogP contribution is -2.48. The van der Waals surface area contributed by atoms with Crippen LogP contribution < -0.4 is 0 Å². The summed E-state index contributed by atoms with van der Waals surface area (Å²) in [7, 11) is 0. The van der Waals surface area contributed by atoms with Crippen LogP contribution in [0.4, 0.5) is 5.69 Å². The first-order valence-electron chi connectivity index (χ1n) is 9.80. The Bertz CT molecular complexity index is 1280. The maximum absolute atomic E-state index is 13.1. The molecule has 1 aromatic carbocycles. The van der Waals surface area contributed by atoms with E-state index in [0.717, 1.165) is 31.0 Å². The first-order chi connectivity index (χ1) is 15.0. The third-order valence-electron chi connectivity index (χ3n) is 5.48. The molecule has 0 bridgehead atoms. The summed E-state index contributed by atoms with van der Waals surface area (Å²) in [6, 6.07) is 10.4. The van der Waals surface area contributed by atoms with Crippen molar-refractivity contribution in [3.05, 3.63) is 74.5 Å². The van der Waals surface area contributed by atoms with Crippen molar-refractivity contribution in [3.63, 3.8) is 0 Å². The molecule has 158 valence electrons. The largest absolute Gasteiger partial charge is 0.335 e. The van der Waals surface area contributed by atoms with Crippen LogP contribution in [0.3, 0.4) is 0 Å². The van der Waals surface area contributed by atoms with Crippen molar-refractivity contribution < 1.29 is 9.72 Å². The summed E-state index contributed by atoms with van der Waals surface area (Å²) in [6.07, 6.45) is 4.01. The van der Waals surface area contributed by atoms with E-state index in [0.29, 0.717) is 33.1 Å². The highest BCUT2D eigenvalue weighted by molar-refractivity contribution is 7.21. The lowest BCUT2D eigenvalue weighted by Gasteiger charge is -2.34. The topological polar surface area (TPSA) is 84.0 Å². The molecule has 4 aromatic rings. The quantitative estimate of drug-likeness (QED) is 0.342. The van der Waals surface area contributed by atoms with Crippen LogP contribution in [0, 0.1) is 10.1 Å². The average molecular weight is 456 g/mol. The molecule has 0 unspecified atom stereocenters. The van der Waals surface area contributed by atoms with Crippen molar-refractivity contribution in [1.82, 2.24) is 19.2 Å². The monoisotopic (exact) mass is 455 g/mol. The zero-order chi connectivity index (χ0) is 21.5. The number of amides is 1. The van der Waals surface area contributed by atoms with Crippen molar-refractivity contribution in [2.75, 3.05) is 26.2 Å². The number of pyridine rings is 1. The molecule has 0 aliphatic carbocycles. The van der Waals surface area contributed by atoms with Crippen molar-refractivity contribution in [1.29, 1.82) is 0 Å². The number of carbonyl (C=O) groups is 1. The minimum atomic E-state index is -0.448. The van der Waals surface area contributed by atoms with Crippen molar-refractivity contribution >= 4 is 50.3 Å². The highest BCUT2D eigenvalue weighted by atomic mass is 35.5. The van der Waals surface area contributed by atoms with Gasteiger partial charge in [0.2, 0.25) is 0 Å². The van der Waals surface area contributed by atoms with Crippen LogP contribution in [-0.4, -0.2) is 56.2 Å². The molecule has 0 atom stereocenters. The zero-order valence-electron chi connectivity index (χ0n) is 16.4. The molecule has 0 saturated carbocycles. The summed E-state index contributed by atoms with van der Waals surface area (Å²) >= 11 is 7.66. The second kappa shape index (κ2) is 7.92. The van der Waals surface area contributed by atoms with Crippen LogP contribution in [0.15, 0.2) is 48.8 Å². The Morgan fingerprint density at radius 3 is 2.74 bits per heavy atom. The fourth-order valence-electron chi connectivity index (χ4n) is 3.85. The van der Waals surface area contributed by atoms with Gasteiger partial charge < -0.3 is 9.30 Å². The van der Waals surface area contributed by atoms with Gasteiger partial charge in [0.05, 0.1) is 15.6 Å². The Morgan fingerprint density at radius 1 is 1.19 bits per heavy atom. The fraction of sp³-hybridized carbons (Fsp3) is 0.238. The van der Waals surface area contributed by atoms with E-state index in [-0.39, 0.29) is 11.6 Å². The van der Waals surface area contributed by atoms with Crippen LogP contribution in [0.2, 0.25) is 5.02 Å². The minimum Gasteiger partial charge on any atom is -0.335 e. The molecular weight excluding hydrogens is 438 g/mol. The number of rotatable bonds is 4. The Labute approximate surface area is 186 Å². The predicted molar refractivity (Wildman–Crippen MR) is 120 cm³/mol. The van der Waals surface area contributed by atoms with E-state index in [2.05, 4.69) is 9.88 Å². The van der Waals surface area contributed by atoms with E-state index < -0.39 is 4.92 Å². The molecular formula is C21H18ClN5O3S. The number of hydrogen-bond acceptors (Lipinski definition) is 6. The molecule has 1 saturated heterocycles. The summed E-state index contributed by atoms with van der Waals surface area (Å²) in [6.45, 7) is 3.41. The first-order valence-corrected chi connectivity index (χ1v) is 11.0. The predicted octanol–water partition coefficient (Wildman–Crippen LogP) is 4.07. The molecule has 1 fully saturated rings. The van der Waals surface area contributed by atoms with Gasteiger partial charge in [0.25, 0.3) is 11.6 Å². The maximum Gasteiger partial charge on any atom is 0.270 e. The first kappa shape index (κ1) is 19.9. The Kier molecular flexibility index (Phi) is 5.09. The van der Waals surface area contributed by atoms with Gasteiger partial charge in [0.1, 0.15) is 10.5 Å². The number of carbonyl (C=O) groups excluding carboxylic acids is 1. The highest BCUT2D eigenvalue weighted by Gasteiger charge is 2.27. The number of thiophene rings is 1. The average Bonchev–Trinajstić information content (AvgIpc) is 3.33. The van der Waals surface area contributed by atoms with Crippen LogP contribution in [0.5, 0.6) is 0 Å². The lowest BCUT2D eigenvalue weighted by molar-refractivity contribution is -0.384. The van der Waals surface area contributed by atoms with Gasteiger partial charge in [-0.3, -0.25) is 19.8 Å². The van der Waals surface area contributed by atoms with Gasteiger partial charge in [-0.1, -0.05) is 17.7 Å². The van der Waals surface area contributed by atoms with Crippen LogP contribution in [0.25, 0.3) is 15.7 Å². The highest BCUT2D eigenvalue weighted by Crippen LogP contribution is 2.38. The van der Waals surface area contributed by atoms with Crippen molar-refractivity contribution in [2.45, 2.75) is 6.54 Å². The Hall–Kier alpha value is -3.01. The zero-order valence-corrected chi connectivity index (χ0v) is 18.0. The van der Waals surface area contributed by atoms with E-state index in [1.165, 1.54) is 23.5 Å². The molecule has 0 N–H and O–H groups in total.